The summed E-state index contributed by atoms with van der Waals surface area (Å²) in [5.74, 6) is -0.555. The molecule has 0 spiro atoms. The molecule has 7 heteroatoms. The predicted octanol–water partition coefficient (Wildman–Crippen LogP) is 4.60. The Morgan fingerprint density at radius 1 is 1.34 bits per heavy atom. The van der Waals surface area contributed by atoms with Gasteiger partial charge in [0.05, 0.1) is 18.6 Å². The Balaban J connectivity index is 1.74. The number of aliphatic imine (C=N–C) groups is 1. The highest BCUT2D eigenvalue weighted by atomic mass is 35.5. The van der Waals surface area contributed by atoms with Crippen LogP contribution < -0.4 is 0 Å². The minimum atomic E-state index is -0.555. The maximum atomic E-state index is 12.0. The molecule has 0 aliphatic rings. The number of nitrogens with one attached hydrogen (secondary N) is 1. The number of halogens is 1. The van der Waals surface area contributed by atoms with Crippen molar-refractivity contribution in [1.82, 2.24) is 9.55 Å². The number of hydrogen-bond donors (Lipinski definition) is 1. The first-order valence-electron chi connectivity index (χ1n) is 9.49. The van der Waals surface area contributed by atoms with Crippen LogP contribution in [0.15, 0.2) is 47.3 Å². The summed E-state index contributed by atoms with van der Waals surface area (Å²) in [7, 11) is 0. The summed E-state index contributed by atoms with van der Waals surface area (Å²) >= 11 is 5.73. The van der Waals surface area contributed by atoms with Gasteiger partial charge in [-0.25, -0.2) is 14.8 Å². The molecule has 0 atom stereocenters. The quantitative estimate of drug-likeness (QED) is 0.267. The molecule has 0 radical (unpaired) electrons. The summed E-state index contributed by atoms with van der Waals surface area (Å²) in [5, 5.41) is 8.15. The Morgan fingerprint density at radius 2 is 2.10 bits per heavy atom. The molecule has 154 valence electrons. The van der Waals surface area contributed by atoms with Crippen LogP contribution in [0.1, 0.15) is 42.3 Å². The topological polar surface area (TPSA) is 80.3 Å². The first-order valence-corrected chi connectivity index (χ1v) is 9.87. The number of rotatable bonds is 10. The zero-order valence-electron chi connectivity index (χ0n) is 17.2. The monoisotopic (exact) mass is 414 g/mol. The molecule has 1 heterocycles. The molecule has 1 aromatic heterocycles. The third-order valence-electron chi connectivity index (χ3n) is 4.47. The van der Waals surface area contributed by atoms with Crippen molar-refractivity contribution in [2.24, 2.45) is 4.99 Å². The summed E-state index contributed by atoms with van der Waals surface area (Å²) < 4.78 is 7.26. The molecule has 29 heavy (non-hydrogen) atoms. The van der Waals surface area contributed by atoms with Crippen molar-refractivity contribution >= 4 is 29.0 Å². The summed E-state index contributed by atoms with van der Waals surface area (Å²) in [4.78, 5) is 20.5. The SMILES string of the molecule is C=C(Cl)/N=C(/C)c1ncn(CCCCOC(=O)C(=N)Cc2cccc(C)c2)c1C. The van der Waals surface area contributed by atoms with Gasteiger partial charge in [0.15, 0.2) is 0 Å². The molecule has 0 unspecified atom stereocenters. The Bertz CT molecular complexity index is 931. The minimum absolute atomic E-state index is 0.0265. The molecule has 6 nitrogen and oxygen atoms in total. The highest BCUT2D eigenvalue weighted by Crippen LogP contribution is 2.12. The number of hydrogen-bond acceptors (Lipinski definition) is 5. The fraction of sp³-hybridized carbons (Fsp3) is 0.364. The second kappa shape index (κ2) is 10.7. The van der Waals surface area contributed by atoms with Gasteiger partial charge in [-0.05, 0) is 39.2 Å². The predicted molar refractivity (Wildman–Crippen MR) is 117 cm³/mol. The van der Waals surface area contributed by atoms with Crippen molar-refractivity contribution in [1.29, 1.82) is 5.41 Å². The number of imidazole rings is 1. The van der Waals surface area contributed by atoms with Crippen LogP contribution in [0.5, 0.6) is 0 Å². The molecule has 2 aromatic rings. The second-order valence-electron chi connectivity index (χ2n) is 6.93. The Hall–Kier alpha value is -2.73. The lowest BCUT2D eigenvalue weighted by Crippen LogP contribution is -2.19. The van der Waals surface area contributed by atoms with E-state index in [1.807, 2.05) is 49.6 Å². The van der Waals surface area contributed by atoms with Gasteiger partial charge in [-0.2, -0.15) is 0 Å². The van der Waals surface area contributed by atoms with Crippen molar-refractivity contribution in [2.45, 2.75) is 46.6 Å². The van der Waals surface area contributed by atoms with E-state index < -0.39 is 5.97 Å². The van der Waals surface area contributed by atoms with Crippen molar-refractivity contribution < 1.29 is 9.53 Å². The summed E-state index contributed by atoms with van der Waals surface area (Å²) in [5.41, 5.74) is 4.54. The average molecular weight is 415 g/mol. The second-order valence-corrected chi connectivity index (χ2v) is 7.37. The zero-order chi connectivity index (χ0) is 21.4. The number of aromatic nitrogens is 2. The van der Waals surface area contributed by atoms with Crippen molar-refractivity contribution in [3.63, 3.8) is 0 Å². The van der Waals surface area contributed by atoms with E-state index in [0.29, 0.717) is 13.0 Å². The smallest absolute Gasteiger partial charge is 0.352 e. The van der Waals surface area contributed by atoms with Crippen molar-refractivity contribution in [2.75, 3.05) is 6.61 Å². The van der Waals surface area contributed by atoms with Crippen LogP contribution in [0.25, 0.3) is 0 Å². The standard InChI is InChI=1S/C22H27ClN4O2/c1-15-8-7-9-19(12-15)13-20(24)22(28)29-11-6-5-10-27-14-25-21(17(27)3)16(2)26-18(4)23/h7-9,12,14,24H,4-6,10-11,13H2,1-3H3/b24-20?,26-16-. The molecule has 1 N–H and O–H groups in total. The van der Waals surface area contributed by atoms with E-state index in [1.54, 1.807) is 6.33 Å². The molecular weight excluding hydrogens is 388 g/mol. The van der Waals surface area contributed by atoms with E-state index in [0.717, 1.165) is 41.2 Å². The molecule has 0 aliphatic carbocycles. The van der Waals surface area contributed by atoms with Crippen molar-refractivity contribution in [3.8, 4) is 0 Å². The fourth-order valence-corrected chi connectivity index (χ4v) is 3.12. The zero-order valence-corrected chi connectivity index (χ0v) is 17.9. The van der Waals surface area contributed by atoms with Gasteiger partial charge < -0.3 is 9.30 Å². The molecule has 0 aliphatic heterocycles. The number of benzene rings is 1. The lowest BCUT2D eigenvalue weighted by molar-refractivity contribution is -0.135. The van der Waals surface area contributed by atoms with E-state index in [9.17, 15) is 4.79 Å². The maximum absolute atomic E-state index is 12.0. The van der Waals surface area contributed by atoms with Gasteiger partial charge in [-0.1, -0.05) is 48.0 Å². The van der Waals surface area contributed by atoms with Gasteiger partial charge in [-0.3, -0.25) is 5.41 Å². The normalized spacial score (nSPS) is 11.4. The number of unbranched alkanes of at least 4 members (excludes halogenated alkanes) is 1. The number of nitrogens with zero attached hydrogens (tertiary/aromatic N) is 3. The van der Waals surface area contributed by atoms with Crippen LogP contribution in [0.4, 0.5) is 0 Å². The van der Waals surface area contributed by atoms with Crippen LogP contribution in [0, 0.1) is 19.3 Å². The first-order chi connectivity index (χ1) is 13.8. The van der Waals surface area contributed by atoms with Gasteiger partial charge in [0.2, 0.25) is 0 Å². The van der Waals surface area contributed by atoms with Gasteiger partial charge in [-0.15, -0.1) is 0 Å². The minimum Gasteiger partial charge on any atom is -0.461 e. The van der Waals surface area contributed by atoms with E-state index >= 15 is 0 Å². The van der Waals surface area contributed by atoms with Gasteiger partial charge in [0, 0.05) is 18.7 Å². The van der Waals surface area contributed by atoms with Crippen molar-refractivity contribution in [3.05, 3.63) is 64.8 Å². The number of esters is 1. The molecule has 0 bridgehead atoms. The summed E-state index contributed by atoms with van der Waals surface area (Å²) in [6, 6.07) is 7.79. The highest BCUT2D eigenvalue weighted by Gasteiger charge is 2.12. The average Bonchev–Trinajstić information content (AvgIpc) is 3.01. The van der Waals surface area contributed by atoms with Crippen LogP contribution in [-0.4, -0.2) is 33.6 Å². The van der Waals surface area contributed by atoms with Crippen LogP contribution in [0.3, 0.4) is 0 Å². The fourth-order valence-electron chi connectivity index (χ4n) is 2.99. The number of ether oxygens (including phenoxy) is 1. The molecule has 0 saturated heterocycles. The summed E-state index contributed by atoms with van der Waals surface area (Å²) in [6.45, 7) is 10.4. The number of carbonyl (C=O) groups excluding carboxylic acids is 1. The lowest BCUT2D eigenvalue weighted by atomic mass is 10.1. The Kier molecular flexibility index (Phi) is 8.34. The molecular formula is C22H27ClN4O2. The van der Waals surface area contributed by atoms with Gasteiger partial charge in [0.25, 0.3) is 0 Å². The van der Waals surface area contributed by atoms with E-state index in [2.05, 4.69) is 16.6 Å². The van der Waals surface area contributed by atoms with E-state index in [4.69, 9.17) is 21.7 Å². The molecule has 1 aromatic carbocycles. The molecule has 0 fully saturated rings. The van der Waals surface area contributed by atoms with Gasteiger partial charge >= 0.3 is 5.97 Å². The Labute approximate surface area is 176 Å². The molecule has 0 amide bonds. The number of aryl methyl sites for hydroxylation is 2. The maximum Gasteiger partial charge on any atom is 0.352 e. The van der Waals surface area contributed by atoms with E-state index in [-0.39, 0.29) is 17.3 Å². The first kappa shape index (κ1) is 22.6. The summed E-state index contributed by atoms with van der Waals surface area (Å²) in [6.07, 6.45) is 3.59. The van der Waals surface area contributed by atoms with Crippen LogP contribution in [-0.2, 0) is 22.5 Å². The third-order valence-corrected chi connectivity index (χ3v) is 4.55. The number of carbonyl (C=O) groups is 1. The van der Waals surface area contributed by atoms with Crippen LogP contribution in [0.2, 0.25) is 0 Å². The molecule has 2 rings (SSSR count). The highest BCUT2D eigenvalue weighted by molar-refractivity contribution is 6.35. The van der Waals surface area contributed by atoms with Crippen LogP contribution >= 0.6 is 11.6 Å². The Morgan fingerprint density at radius 3 is 2.79 bits per heavy atom. The molecule has 0 saturated carbocycles. The lowest BCUT2D eigenvalue weighted by Gasteiger charge is -2.08. The third kappa shape index (κ3) is 6.98. The largest absolute Gasteiger partial charge is 0.461 e. The van der Waals surface area contributed by atoms with Gasteiger partial charge in [0.1, 0.15) is 16.6 Å². The van der Waals surface area contributed by atoms with E-state index in [1.165, 1.54) is 0 Å².